The number of benzene rings is 1. The minimum atomic E-state index is -0.237. The molecule has 3 rings (SSSR count). The Labute approximate surface area is 131 Å². The van der Waals surface area contributed by atoms with Gasteiger partial charge in [-0.2, -0.15) is 0 Å². The quantitative estimate of drug-likeness (QED) is 0.922. The maximum atomic E-state index is 12.9. The SMILES string of the molecule is CCCN(C(=O)C(C)c1cc2ccccc2o1)C1CCNC1. The first-order valence-electron chi connectivity index (χ1n) is 8.20. The van der Waals surface area contributed by atoms with Crippen molar-refractivity contribution in [1.82, 2.24) is 10.2 Å². The first-order chi connectivity index (χ1) is 10.7. The first-order valence-corrected chi connectivity index (χ1v) is 8.20. The summed E-state index contributed by atoms with van der Waals surface area (Å²) in [5, 5.41) is 4.41. The third-order valence-electron chi connectivity index (χ3n) is 4.46. The van der Waals surface area contributed by atoms with Crippen LogP contribution >= 0.6 is 0 Å². The number of rotatable bonds is 5. The predicted molar refractivity (Wildman–Crippen MR) is 87.9 cm³/mol. The van der Waals surface area contributed by atoms with Gasteiger partial charge < -0.3 is 14.6 Å². The molecule has 1 amide bonds. The van der Waals surface area contributed by atoms with E-state index >= 15 is 0 Å². The molecule has 1 saturated heterocycles. The van der Waals surface area contributed by atoms with Gasteiger partial charge in [0, 0.05) is 24.5 Å². The van der Waals surface area contributed by atoms with Crippen molar-refractivity contribution in [2.75, 3.05) is 19.6 Å². The molecule has 1 aliphatic rings. The van der Waals surface area contributed by atoms with Gasteiger partial charge in [-0.25, -0.2) is 0 Å². The molecule has 1 N–H and O–H groups in total. The highest BCUT2D eigenvalue weighted by molar-refractivity contribution is 5.85. The number of nitrogens with one attached hydrogen (secondary N) is 1. The van der Waals surface area contributed by atoms with Crippen LogP contribution in [0.5, 0.6) is 0 Å². The monoisotopic (exact) mass is 300 g/mol. The fourth-order valence-corrected chi connectivity index (χ4v) is 3.21. The fourth-order valence-electron chi connectivity index (χ4n) is 3.21. The third-order valence-corrected chi connectivity index (χ3v) is 4.46. The molecule has 4 nitrogen and oxygen atoms in total. The lowest BCUT2D eigenvalue weighted by molar-refractivity contribution is -0.134. The summed E-state index contributed by atoms with van der Waals surface area (Å²) in [5.41, 5.74) is 0.849. The van der Waals surface area contributed by atoms with Crippen molar-refractivity contribution in [2.45, 2.75) is 38.6 Å². The predicted octanol–water partition coefficient (Wildman–Crippen LogP) is 3.14. The number of furan rings is 1. The van der Waals surface area contributed by atoms with Crippen LogP contribution in [0.2, 0.25) is 0 Å². The van der Waals surface area contributed by atoms with E-state index in [1.54, 1.807) is 0 Å². The van der Waals surface area contributed by atoms with Crippen LogP contribution in [-0.4, -0.2) is 36.5 Å². The average Bonchev–Trinajstić information content (AvgIpc) is 3.20. The Morgan fingerprint density at radius 1 is 1.45 bits per heavy atom. The minimum absolute atomic E-state index is 0.176. The largest absolute Gasteiger partial charge is 0.460 e. The van der Waals surface area contributed by atoms with Gasteiger partial charge in [0.05, 0.1) is 5.92 Å². The second kappa shape index (κ2) is 6.53. The van der Waals surface area contributed by atoms with Gasteiger partial charge in [0.1, 0.15) is 11.3 Å². The van der Waals surface area contributed by atoms with Crippen molar-refractivity contribution in [2.24, 2.45) is 0 Å². The van der Waals surface area contributed by atoms with Crippen molar-refractivity contribution in [3.05, 3.63) is 36.1 Å². The zero-order chi connectivity index (χ0) is 15.5. The molecule has 1 aromatic heterocycles. The number of hydrogen-bond donors (Lipinski definition) is 1. The lowest BCUT2D eigenvalue weighted by atomic mass is 10.0. The number of nitrogens with zero attached hydrogens (tertiary/aromatic N) is 1. The normalized spacial score (nSPS) is 19.5. The topological polar surface area (TPSA) is 45.5 Å². The van der Waals surface area contributed by atoms with Crippen molar-refractivity contribution in [1.29, 1.82) is 0 Å². The molecule has 1 aliphatic heterocycles. The van der Waals surface area contributed by atoms with Crippen LogP contribution in [0.25, 0.3) is 11.0 Å². The Hall–Kier alpha value is -1.81. The molecule has 22 heavy (non-hydrogen) atoms. The summed E-state index contributed by atoms with van der Waals surface area (Å²) in [5.74, 6) is 0.701. The van der Waals surface area contributed by atoms with E-state index in [-0.39, 0.29) is 11.8 Å². The highest BCUT2D eigenvalue weighted by atomic mass is 16.3. The number of hydrogen-bond acceptors (Lipinski definition) is 3. The van der Waals surface area contributed by atoms with Gasteiger partial charge in [0.2, 0.25) is 5.91 Å². The van der Waals surface area contributed by atoms with Crippen LogP contribution < -0.4 is 5.32 Å². The molecule has 1 aromatic carbocycles. The lowest BCUT2D eigenvalue weighted by Gasteiger charge is -2.30. The van der Waals surface area contributed by atoms with Gasteiger partial charge >= 0.3 is 0 Å². The summed E-state index contributed by atoms with van der Waals surface area (Å²) in [6.45, 7) is 6.78. The molecule has 0 aliphatic carbocycles. The van der Waals surface area contributed by atoms with Gasteiger partial charge in [0.15, 0.2) is 0 Å². The zero-order valence-electron chi connectivity index (χ0n) is 13.3. The van der Waals surface area contributed by atoms with E-state index < -0.39 is 0 Å². The average molecular weight is 300 g/mol. The van der Waals surface area contributed by atoms with E-state index in [1.807, 2.05) is 42.2 Å². The van der Waals surface area contributed by atoms with E-state index in [1.165, 1.54) is 0 Å². The van der Waals surface area contributed by atoms with Gasteiger partial charge in [-0.1, -0.05) is 25.1 Å². The second-order valence-corrected chi connectivity index (χ2v) is 6.09. The summed E-state index contributed by atoms with van der Waals surface area (Å²) in [7, 11) is 0. The van der Waals surface area contributed by atoms with Gasteiger partial charge in [-0.05, 0) is 38.4 Å². The fraction of sp³-hybridized carbons (Fsp3) is 0.500. The molecule has 0 saturated carbocycles. The first kappa shape index (κ1) is 15.1. The van der Waals surface area contributed by atoms with Crippen LogP contribution in [0, 0.1) is 0 Å². The summed E-state index contributed by atoms with van der Waals surface area (Å²) in [6, 6.07) is 10.2. The van der Waals surface area contributed by atoms with Crippen molar-refractivity contribution in [3.8, 4) is 0 Å². The maximum Gasteiger partial charge on any atom is 0.233 e. The number of fused-ring (bicyclic) bond motifs is 1. The number of carbonyl (C=O) groups excluding carboxylic acids is 1. The molecular formula is C18H24N2O2. The Morgan fingerprint density at radius 3 is 2.95 bits per heavy atom. The summed E-state index contributed by atoms with van der Waals surface area (Å²) < 4.78 is 5.88. The van der Waals surface area contributed by atoms with Gasteiger partial charge in [-0.3, -0.25) is 4.79 Å². The highest BCUT2D eigenvalue weighted by Crippen LogP contribution is 2.27. The number of amides is 1. The molecule has 2 unspecified atom stereocenters. The van der Waals surface area contributed by atoms with E-state index in [0.717, 1.165) is 49.2 Å². The van der Waals surface area contributed by atoms with Crippen LogP contribution in [0.1, 0.15) is 38.4 Å². The van der Waals surface area contributed by atoms with Gasteiger partial charge in [-0.15, -0.1) is 0 Å². The third kappa shape index (κ3) is 2.88. The summed E-state index contributed by atoms with van der Waals surface area (Å²) in [4.78, 5) is 15.0. The van der Waals surface area contributed by atoms with E-state index in [4.69, 9.17) is 4.42 Å². The number of carbonyl (C=O) groups is 1. The maximum absolute atomic E-state index is 12.9. The minimum Gasteiger partial charge on any atom is -0.460 e. The molecule has 2 atom stereocenters. The van der Waals surface area contributed by atoms with Crippen LogP contribution in [0.15, 0.2) is 34.7 Å². The Morgan fingerprint density at radius 2 is 2.27 bits per heavy atom. The molecule has 0 bridgehead atoms. The van der Waals surface area contributed by atoms with Crippen molar-refractivity contribution < 1.29 is 9.21 Å². The molecule has 4 heteroatoms. The smallest absolute Gasteiger partial charge is 0.233 e. The molecule has 2 aromatic rings. The molecule has 0 radical (unpaired) electrons. The van der Waals surface area contributed by atoms with E-state index in [2.05, 4.69) is 12.2 Å². The molecule has 2 heterocycles. The Kier molecular flexibility index (Phi) is 4.48. The van der Waals surface area contributed by atoms with E-state index in [9.17, 15) is 4.79 Å². The van der Waals surface area contributed by atoms with Crippen molar-refractivity contribution in [3.63, 3.8) is 0 Å². The molecule has 118 valence electrons. The summed E-state index contributed by atoms with van der Waals surface area (Å²) in [6.07, 6.45) is 2.02. The van der Waals surface area contributed by atoms with E-state index in [0.29, 0.717) is 6.04 Å². The lowest BCUT2D eigenvalue weighted by Crippen LogP contribution is -2.43. The second-order valence-electron chi connectivity index (χ2n) is 6.09. The van der Waals surface area contributed by atoms with Gasteiger partial charge in [0.25, 0.3) is 0 Å². The standard InChI is InChI=1S/C18H24N2O2/c1-3-10-20(15-8-9-19-12-15)18(21)13(2)17-11-14-6-4-5-7-16(14)22-17/h4-7,11,13,15,19H,3,8-10,12H2,1-2H3. The number of para-hydroxylation sites is 1. The summed E-state index contributed by atoms with van der Waals surface area (Å²) >= 11 is 0. The Bertz CT molecular complexity index is 610. The molecule has 1 fully saturated rings. The highest BCUT2D eigenvalue weighted by Gasteiger charge is 2.30. The van der Waals surface area contributed by atoms with Crippen LogP contribution in [-0.2, 0) is 4.79 Å². The molecule has 0 spiro atoms. The zero-order valence-corrected chi connectivity index (χ0v) is 13.3. The van der Waals surface area contributed by atoms with Crippen LogP contribution in [0.3, 0.4) is 0 Å². The van der Waals surface area contributed by atoms with Crippen molar-refractivity contribution >= 4 is 16.9 Å². The van der Waals surface area contributed by atoms with Crippen LogP contribution in [0.4, 0.5) is 0 Å². The Balaban J connectivity index is 1.81. The molecular weight excluding hydrogens is 276 g/mol.